The van der Waals surface area contributed by atoms with Crippen LogP contribution in [0, 0.1) is 0 Å². The van der Waals surface area contributed by atoms with E-state index < -0.39 is 56.4 Å². The molecule has 0 aliphatic heterocycles. The van der Waals surface area contributed by atoms with Gasteiger partial charge in [0, 0.05) is 0 Å². The number of alkyl carbamates (subject to hydrolysis) is 1. The first-order valence-electron chi connectivity index (χ1n) is 16.1. The highest BCUT2D eigenvalue weighted by atomic mass is 28.4. The molecule has 3 rings (SSSR count). The third-order valence-electron chi connectivity index (χ3n) is 7.70. The van der Waals surface area contributed by atoms with Crippen molar-refractivity contribution in [2.75, 3.05) is 20.3 Å². The van der Waals surface area contributed by atoms with E-state index in [9.17, 15) is 19.2 Å². The Kier molecular flexibility index (Phi) is 13.5. The van der Waals surface area contributed by atoms with Crippen molar-refractivity contribution in [1.29, 1.82) is 0 Å². The maximum absolute atomic E-state index is 13.3. The summed E-state index contributed by atoms with van der Waals surface area (Å²) in [6, 6.07) is 27.3. The molecule has 0 aliphatic carbocycles. The summed E-state index contributed by atoms with van der Waals surface area (Å²) >= 11 is 0. The van der Waals surface area contributed by atoms with Crippen LogP contribution >= 0.6 is 0 Å². The van der Waals surface area contributed by atoms with Crippen LogP contribution < -0.4 is 26.3 Å². The van der Waals surface area contributed by atoms with Gasteiger partial charge in [0.2, 0.25) is 11.8 Å². The van der Waals surface area contributed by atoms with Crippen LogP contribution in [0.15, 0.2) is 91.0 Å². The van der Waals surface area contributed by atoms with Crippen LogP contribution in [0.3, 0.4) is 0 Å². The molecule has 0 fully saturated rings. The highest BCUT2D eigenvalue weighted by molar-refractivity contribution is 6.99. The Balaban J connectivity index is 1.75. The largest absolute Gasteiger partial charge is 0.467 e. The Hall–Kier alpha value is -4.48. The van der Waals surface area contributed by atoms with Gasteiger partial charge in [-0.25, -0.2) is 9.59 Å². The Bertz CT molecular complexity index is 1450. The lowest BCUT2D eigenvalue weighted by molar-refractivity contribution is -0.146. The Labute approximate surface area is 285 Å². The Morgan fingerprint density at radius 3 is 1.73 bits per heavy atom. The quantitative estimate of drug-likeness (QED) is 0.175. The van der Waals surface area contributed by atoms with Gasteiger partial charge < -0.3 is 29.9 Å². The molecule has 10 nitrogen and oxygen atoms in total. The molecule has 0 aliphatic rings. The van der Waals surface area contributed by atoms with E-state index in [-0.39, 0.29) is 18.1 Å². The molecule has 0 radical (unpaired) electrons. The van der Waals surface area contributed by atoms with E-state index in [0.29, 0.717) is 6.42 Å². The van der Waals surface area contributed by atoms with Crippen LogP contribution in [0.1, 0.15) is 53.5 Å². The number of methoxy groups -OCH3 is 1. The van der Waals surface area contributed by atoms with E-state index in [1.54, 1.807) is 20.8 Å². The van der Waals surface area contributed by atoms with Gasteiger partial charge in [0.25, 0.3) is 8.32 Å². The number of carbonyl (C=O) groups is 4. The molecular weight excluding hydrogens is 627 g/mol. The molecule has 3 aromatic rings. The molecule has 3 aromatic carbocycles. The molecule has 0 saturated carbocycles. The summed E-state index contributed by atoms with van der Waals surface area (Å²) in [5.41, 5.74) is 0.227. The van der Waals surface area contributed by atoms with Crippen LogP contribution in [-0.4, -0.2) is 70.1 Å². The minimum absolute atomic E-state index is 0.153. The highest BCUT2D eigenvalue weighted by Gasteiger charge is 2.50. The number of amides is 3. The maximum Gasteiger partial charge on any atom is 0.408 e. The van der Waals surface area contributed by atoms with E-state index >= 15 is 0 Å². The van der Waals surface area contributed by atoms with Crippen LogP contribution in [-0.2, 0) is 34.7 Å². The SMILES string of the molecule is COC(=O)[C@H](CO[Si](c1ccccc1)(c1ccccc1)C(C)(C)C)NC(=O)CNC(=O)[C@H](CCc1ccccc1)NC(=O)OC(C)(C)C. The van der Waals surface area contributed by atoms with Crippen LogP contribution in [0.5, 0.6) is 0 Å². The van der Waals surface area contributed by atoms with Crippen LogP contribution in [0.25, 0.3) is 0 Å². The second-order valence-electron chi connectivity index (χ2n) is 13.6. The molecule has 2 atom stereocenters. The van der Waals surface area contributed by atoms with Gasteiger partial charge in [-0.1, -0.05) is 112 Å². The smallest absolute Gasteiger partial charge is 0.408 e. The molecule has 0 unspecified atom stereocenters. The summed E-state index contributed by atoms with van der Waals surface area (Å²) in [5, 5.41) is 9.57. The molecule has 3 N–H and O–H groups in total. The minimum atomic E-state index is -3.02. The monoisotopic (exact) mass is 675 g/mol. The average molecular weight is 676 g/mol. The lowest BCUT2D eigenvalue weighted by atomic mass is 10.0. The molecular formula is C37H49N3O7Si. The number of hydrogen-bond acceptors (Lipinski definition) is 7. The highest BCUT2D eigenvalue weighted by Crippen LogP contribution is 2.36. The lowest BCUT2D eigenvalue weighted by Crippen LogP contribution is -2.67. The Morgan fingerprint density at radius 1 is 0.729 bits per heavy atom. The van der Waals surface area contributed by atoms with Gasteiger partial charge in [-0.05, 0) is 54.6 Å². The third-order valence-corrected chi connectivity index (χ3v) is 12.7. The molecule has 258 valence electrons. The predicted octanol–water partition coefficient (Wildman–Crippen LogP) is 3.86. The molecule has 0 spiro atoms. The van der Waals surface area contributed by atoms with Crippen molar-refractivity contribution in [3.63, 3.8) is 0 Å². The second-order valence-corrected chi connectivity index (χ2v) is 17.9. The predicted molar refractivity (Wildman–Crippen MR) is 188 cm³/mol. The summed E-state index contributed by atoms with van der Waals surface area (Å²) in [6.07, 6.45) is 0.0325. The van der Waals surface area contributed by atoms with Crippen molar-refractivity contribution in [2.45, 2.75) is 77.1 Å². The number of aryl methyl sites for hydroxylation is 1. The number of rotatable bonds is 14. The number of esters is 1. The van der Waals surface area contributed by atoms with Gasteiger partial charge in [-0.2, -0.15) is 0 Å². The number of ether oxygens (including phenoxy) is 2. The summed E-state index contributed by atoms with van der Waals surface area (Å²) < 4.78 is 17.2. The van der Waals surface area contributed by atoms with E-state index in [2.05, 4.69) is 36.7 Å². The van der Waals surface area contributed by atoms with Crippen LogP contribution in [0.4, 0.5) is 4.79 Å². The van der Waals surface area contributed by atoms with E-state index in [1.165, 1.54) is 7.11 Å². The van der Waals surface area contributed by atoms with Crippen molar-refractivity contribution in [1.82, 2.24) is 16.0 Å². The zero-order valence-corrected chi connectivity index (χ0v) is 30.0. The van der Waals surface area contributed by atoms with Crippen molar-refractivity contribution in [3.8, 4) is 0 Å². The maximum atomic E-state index is 13.3. The molecule has 0 bridgehead atoms. The molecule has 0 heterocycles. The van der Waals surface area contributed by atoms with Crippen molar-refractivity contribution in [3.05, 3.63) is 96.6 Å². The second kappa shape index (κ2) is 17.1. The summed E-state index contributed by atoms with van der Waals surface area (Å²) in [4.78, 5) is 51.9. The van der Waals surface area contributed by atoms with Gasteiger partial charge >= 0.3 is 12.1 Å². The van der Waals surface area contributed by atoms with Crippen LogP contribution in [0.2, 0.25) is 5.04 Å². The van der Waals surface area contributed by atoms with Gasteiger partial charge in [-0.3, -0.25) is 9.59 Å². The number of benzene rings is 3. The normalized spacial score (nSPS) is 13.1. The van der Waals surface area contributed by atoms with E-state index in [4.69, 9.17) is 13.9 Å². The first kappa shape index (κ1) is 38.0. The van der Waals surface area contributed by atoms with Gasteiger partial charge in [0.1, 0.15) is 17.7 Å². The Morgan fingerprint density at radius 2 is 1.25 bits per heavy atom. The molecule has 48 heavy (non-hydrogen) atoms. The minimum Gasteiger partial charge on any atom is -0.467 e. The molecule has 0 aromatic heterocycles. The van der Waals surface area contributed by atoms with E-state index in [0.717, 1.165) is 15.9 Å². The summed E-state index contributed by atoms with van der Waals surface area (Å²) in [5.74, 6) is -1.87. The summed E-state index contributed by atoms with van der Waals surface area (Å²) in [7, 11) is -1.78. The fourth-order valence-electron chi connectivity index (χ4n) is 5.49. The first-order valence-corrected chi connectivity index (χ1v) is 18.0. The standard InChI is InChI=1S/C37H49N3O7Si/c1-36(2,3)47-35(44)40-30(24-23-27-17-11-8-12-18-27)33(42)38-25-32(41)39-31(34(43)45-7)26-46-48(37(4,5)6,28-19-13-9-14-20-28)29-21-15-10-16-22-29/h8-22,30-31H,23-26H2,1-7H3,(H,38,42)(H,39,41)(H,40,44)/t30-,31-/m0/s1. The number of nitrogens with one attached hydrogen (secondary N) is 3. The zero-order chi connectivity index (χ0) is 35.4. The molecule has 0 saturated heterocycles. The van der Waals surface area contributed by atoms with Crippen molar-refractivity contribution < 1.29 is 33.1 Å². The fourth-order valence-corrected chi connectivity index (χ4v) is 10.1. The fraction of sp³-hybridized carbons (Fsp3) is 0.405. The van der Waals surface area contributed by atoms with Gasteiger partial charge in [-0.15, -0.1) is 0 Å². The molecule has 3 amide bonds. The van der Waals surface area contributed by atoms with Crippen molar-refractivity contribution in [2.24, 2.45) is 0 Å². The zero-order valence-electron chi connectivity index (χ0n) is 29.0. The van der Waals surface area contributed by atoms with Crippen molar-refractivity contribution >= 4 is 42.6 Å². The summed E-state index contributed by atoms with van der Waals surface area (Å²) in [6.45, 7) is 10.9. The van der Waals surface area contributed by atoms with E-state index in [1.807, 2.05) is 91.0 Å². The first-order chi connectivity index (χ1) is 22.7. The van der Waals surface area contributed by atoms with Gasteiger partial charge in [0.05, 0.1) is 20.3 Å². The third kappa shape index (κ3) is 10.8. The average Bonchev–Trinajstić information content (AvgIpc) is 3.04. The molecule has 11 heteroatoms. The number of carbonyl (C=O) groups excluding carboxylic acids is 4. The topological polar surface area (TPSA) is 132 Å². The number of hydrogen-bond donors (Lipinski definition) is 3. The van der Waals surface area contributed by atoms with Gasteiger partial charge in [0.15, 0.2) is 0 Å². The lowest BCUT2D eigenvalue weighted by Gasteiger charge is -2.43.